The van der Waals surface area contributed by atoms with Gasteiger partial charge in [0.1, 0.15) is 5.54 Å². The number of nitrogens with zero attached hydrogens (tertiary/aromatic N) is 2. The van der Waals surface area contributed by atoms with Crippen molar-refractivity contribution in [3.05, 3.63) is 53.9 Å². The lowest BCUT2D eigenvalue weighted by Crippen LogP contribution is -2.54. The van der Waals surface area contributed by atoms with Crippen molar-refractivity contribution in [2.75, 3.05) is 19.6 Å². The van der Waals surface area contributed by atoms with Gasteiger partial charge in [-0.1, -0.05) is 24.3 Å². The van der Waals surface area contributed by atoms with E-state index in [1.807, 2.05) is 29.1 Å². The maximum Gasteiger partial charge on any atom is 0.248 e. The maximum absolute atomic E-state index is 12.9. The van der Waals surface area contributed by atoms with Gasteiger partial charge in [-0.05, 0) is 56.5 Å². The lowest BCUT2D eigenvalue weighted by Gasteiger charge is -2.36. The Hall–Kier alpha value is -2.14. The van der Waals surface area contributed by atoms with E-state index < -0.39 is 5.54 Å². The fourth-order valence-electron chi connectivity index (χ4n) is 3.29. The summed E-state index contributed by atoms with van der Waals surface area (Å²) in [4.78, 5) is 12.9. The number of carbonyl (C=O) groups excluding carboxylic acids is 1. The number of carbonyl (C=O) groups is 1. The average molecular weight is 312 g/mol. The summed E-state index contributed by atoms with van der Waals surface area (Å²) in [5.41, 5.74) is 2.00. The zero-order valence-electron chi connectivity index (χ0n) is 13.6. The molecule has 1 saturated heterocycles. The highest BCUT2D eigenvalue weighted by Gasteiger charge is 2.41. The predicted molar refractivity (Wildman–Crippen MR) is 90.2 cm³/mol. The van der Waals surface area contributed by atoms with E-state index in [2.05, 4.69) is 34.8 Å². The molecule has 1 amide bonds. The molecule has 2 aromatic rings. The molecular weight excluding hydrogens is 288 g/mol. The molecule has 0 atom stereocenters. The van der Waals surface area contributed by atoms with Gasteiger partial charge in [0.05, 0.1) is 0 Å². The Balaban J connectivity index is 1.66. The summed E-state index contributed by atoms with van der Waals surface area (Å²) in [5.74, 6) is 0.0799. The van der Waals surface area contributed by atoms with Gasteiger partial charge in [0.2, 0.25) is 5.91 Å². The van der Waals surface area contributed by atoms with Crippen molar-refractivity contribution >= 4 is 5.91 Å². The van der Waals surface area contributed by atoms with Crippen LogP contribution in [0.5, 0.6) is 0 Å². The zero-order chi connectivity index (χ0) is 16.1. The molecule has 0 unspecified atom stereocenters. The molecule has 1 aliphatic heterocycles. The van der Waals surface area contributed by atoms with Gasteiger partial charge < -0.3 is 10.6 Å². The third-order valence-electron chi connectivity index (χ3n) is 4.74. The van der Waals surface area contributed by atoms with Crippen LogP contribution in [-0.4, -0.2) is 35.3 Å². The van der Waals surface area contributed by atoms with E-state index in [-0.39, 0.29) is 5.91 Å². The second-order valence-corrected chi connectivity index (χ2v) is 6.16. The summed E-state index contributed by atoms with van der Waals surface area (Å²) in [7, 11) is 0. The Kier molecular flexibility index (Phi) is 4.76. The molecule has 1 aliphatic rings. The van der Waals surface area contributed by atoms with E-state index in [1.165, 1.54) is 11.1 Å². The van der Waals surface area contributed by atoms with Crippen LogP contribution in [-0.2, 0) is 16.8 Å². The van der Waals surface area contributed by atoms with Crippen molar-refractivity contribution in [1.82, 2.24) is 20.4 Å². The molecule has 2 N–H and O–H groups in total. The minimum absolute atomic E-state index is 0.0799. The van der Waals surface area contributed by atoms with Crippen LogP contribution in [0.25, 0.3) is 0 Å². The molecule has 0 spiro atoms. The van der Waals surface area contributed by atoms with Gasteiger partial charge in [-0.15, -0.1) is 0 Å². The number of aromatic nitrogens is 2. The van der Waals surface area contributed by atoms with Crippen molar-refractivity contribution in [2.45, 2.75) is 31.7 Å². The van der Waals surface area contributed by atoms with Crippen LogP contribution in [0.3, 0.4) is 0 Å². The van der Waals surface area contributed by atoms with E-state index in [4.69, 9.17) is 0 Å². The number of piperidine rings is 1. The topological polar surface area (TPSA) is 59.0 Å². The van der Waals surface area contributed by atoms with Gasteiger partial charge in [-0.2, -0.15) is 5.10 Å². The first-order valence-corrected chi connectivity index (χ1v) is 8.26. The molecule has 23 heavy (non-hydrogen) atoms. The summed E-state index contributed by atoms with van der Waals surface area (Å²) in [6.07, 6.45) is 6.03. The summed E-state index contributed by atoms with van der Waals surface area (Å²) >= 11 is 0. The Bertz CT molecular complexity index is 645. The first-order valence-electron chi connectivity index (χ1n) is 8.26. The molecule has 0 radical (unpaired) electrons. The molecule has 2 heterocycles. The minimum Gasteiger partial charge on any atom is -0.354 e. The Morgan fingerprint density at radius 2 is 2.09 bits per heavy atom. The molecule has 5 nitrogen and oxygen atoms in total. The number of nitrogens with one attached hydrogen (secondary N) is 2. The lowest BCUT2D eigenvalue weighted by atomic mass is 9.87. The second-order valence-electron chi connectivity index (χ2n) is 6.16. The third kappa shape index (κ3) is 3.29. The number of hydrogen-bond donors (Lipinski definition) is 2. The Morgan fingerprint density at radius 3 is 2.78 bits per heavy atom. The maximum atomic E-state index is 12.9. The van der Waals surface area contributed by atoms with Crippen LogP contribution in [0.1, 0.15) is 24.0 Å². The lowest BCUT2D eigenvalue weighted by molar-refractivity contribution is -0.131. The van der Waals surface area contributed by atoms with Crippen molar-refractivity contribution < 1.29 is 4.79 Å². The second kappa shape index (κ2) is 6.96. The van der Waals surface area contributed by atoms with E-state index in [0.29, 0.717) is 6.54 Å². The molecule has 0 bridgehead atoms. The first kappa shape index (κ1) is 15.7. The van der Waals surface area contributed by atoms with E-state index >= 15 is 0 Å². The van der Waals surface area contributed by atoms with Crippen molar-refractivity contribution in [3.8, 4) is 0 Å². The van der Waals surface area contributed by atoms with Gasteiger partial charge >= 0.3 is 0 Å². The van der Waals surface area contributed by atoms with Crippen molar-refractivity contribution in [2.24, 2.45) is 0 Å². The summed E-state index contributed by atoms with van der Waals surface area (Å²) in [6, 6.07) is 10.2. The minimum atomic E-state index is -0.555. The molecule has 3 rings (SSSR count). The third-order valence-corrected chi connectivity index (χ3v) is 4.74. The SMILES string of the molecule is Cc1ccccc1CCNC(=O)C1(n2cccn2)CCNCC1. The number of benzene rings is 1. The van der Waals surface area contributed by atoms with E-state index in [0.717, 1.165) is 32.4 Å². The van der Waals surface area contributed by atoms with Crippen molar-refractivity contribution in [1.29, 1.82) is 0 Å². The van der Waals surface area contributed by atoms with Crippen LogP contribution >= 0.6 is 0 Å². The fourth-order valence-corrected chi connectivity index (χ4v) is 3.29. The average Bonchev–Trinajstić information content (AvgIpc) is 3.12. The number of amides is 1. The highest BCUT2D eigenvalue weighted by molar-refractivity contribution is 5.84. The Labute approximate surface area is 137 Å². The molecule has 1 fully saturated rings. The molecule has 0 saturated carbocycles. The van der Waals surface area contributed by atoms with Gasteiger partial charge in [0.15, 0.2) is 0 Å². The number of hydrogen-bond acceptors (Lipinski definition) is 3. The normalized spacial score (nSPS) is 16.9. The van der Waals surface area contributed by atoms with Crippen LogP contribution in [0.15, 0.2) is 42.7 Å². The standard InChI is InChI=1S/C18H24N4O/c1-15-5-2-3-6-16(15)7-11-20-17(23)18(8-12-19-13-9-18)22-14-4-10-21-22/h2-6,10,14,19H,7-9,11-13H2,1H3,(H,20,23). The highest BCUT2D eigenvalue weighted by atomic mass is 16.2. The largest absolute Gasteiger partial charge is 0.354 e. The van der Waals surface area contributed by atoms with E-state index in [1.54, 1.807) is 6.20 Å². The first-order chi connectivity index (χ1) is 11.2. The van der Waals surface area contributed by atoms with Gasteiger partial charge in [-0.25, -0.2) is 0 Å². The van der Waals surface area contributed by atoms with Gasteiger partial charge in [-0.3, -0.25) is 9.48 Å². The quantitative estimate of drug-likeness (QED) is 0.882. The molecule has 1 aromatic heterocycles. The van der Waals surface area contributed by atoms with E-state index in [9.17, 15) is 4.79 Å². The van der Waals surface area contributed by atoms with Gasteiger partial charge in [0.25, 0.3) is 0 Å². The molecule has 1 aromatic carbocycles. The van der Waals surface area contributed by atoms with Crippen LogP contribution in [0.2, 0.25) is 0 Å². The highest BCUT2D eigenvalue weighted by Crippen LogP contribution is 2.27. The monoisotopic (exact) mass is 312 g/mol. The molecule has 5 heteroatoms. The predicted octanol–water partition coefficient (Wildman–Crippen LogP) is 1.63. The molecular formula is C18H24N4O. The summed E-state index contributed by atoms with van der Waals surface area (Å²) in [6.45, 7) is 4.44. The Morgan fingerprint density at radius 1 is 1.30 bits per heavy atom. The summed E-state index contributed by atoms with van der Waals surface area (Å²) < 4.78 is 1.83. The van der Waals surface area contributed by atoms with Crippen LogP contribution in [0.4, 0.5) is 0 Å². The number of rotatable bonds is 5. The molecule has 122 valence electrons. The van der Waals surface area contributed by atoms with Gasteiger partial charge in [0, 0.05) is 18.9 Å². The van der Waals surface area contributed by atoms with Crippen LogP contribution < -0.4 is 10.6 Å². The smallest absolute Gasteiger partial charge is 0.248 e. The molecule has 0 aliphatic carbocycles. The summed E-state index contributed by atoms with van der Waals surface area (Å²) in [5, 5.41) is 10.8. The number of aryl methyl sites for hydroxylation is 1. The van der Waals surface area contributed by atoms with Crippen LogP contribution in [0, 0.1) is 6.92 Å². The fraction of sp³-hybridized carbons (Fsp3) is 0.444. The van der Waals surface area contributed by atoms with Crippen molar-refractivity contribution in [3.63, 3.8) is 0 Å². The zero-order valence-corrected chi connectivity index (χ0v) is 13.6.